The van der Waals surface area contributed by atoms with Crippen LogP contribution in [-0.4, -0.2) is 16.9 Å². The van der Waals surface area contributed by atoms with Crippen molar-refractivity contribution in [2.75, 3.05) is 0 Å². The van der Waals surface area contributed by atoms with Crippen LogP contribution in [0.1, 0.15) is 24.4 Å². The number of hydrogen-bond acceptors (Lipinski definition) is 3. The van der Waals surface area contributed by atoms with Gasteiger partial charge >= 0.3 is 5.97 Å². The van der Waals surface area contributed by atoms with Crippen LogP contribution < -0.4 is 0 Å². The van der Waals surface area contributed by atoms with E-state index in [9.17, 15) is 9.59 Å². The van der Waals surface area contributed by atoms with Crippen molar-refractivity contribution in [2.24, 2.45) is 0 Å². The Morgan fingerprint density at radius 2 is 1.92 bits per heavy atom. The van der Waals surface area contributed by atoms with Gasteiger partial charge in [-0.1, -0.05) is 0 Å². The van der Waals surface area contributed by atoms with Crippen molar-refractivity contribution in [2.45, 2.75) is 13.8 Å². The molecule has 0 aliphatic heterocycles. The fourth-order valence-corrected chi connectivity index (χ4v) is 0.400. The summed E-state index contributed by atoms with van der Waals surface area (Å²) in [6.07, 6.45) is 1.32. The van der Waals surface area contributed by atoms with E-state index in [-0.39, 0.29) is 11.5 Å². The molecule has 0 aliphatic carbocycles. The number of carboxylic acid groups (broad SMARTS) is 1. The van der Waals surface area contributed by atoms with Crippen molar-refractivity contribution < 1.29 is 19.1 Å². The highest BCUT2D eigenvalue weighted by atomic mass is 16.4. The molecule has 0 spiro atoms. The summed E-state index contributed by atoms with van der Waals surface area (Å²) >= 11 is 0. The molecule has 0 saturated carbocycles. The lowest BCUT2D eigenvalue weighted by atomic mass is 10.5. The Kier molecular flexibility index (Phi) is 4.45. The quantitative estimate of drug-likeness (QED) is 0.694. The number of ketones is 1. The van der Waals surface area contributed by atoms with Crippen molar-refractivity contribution in [3.63, 3.8) is 0 Å². The Labute approximate surface area is 69.8 Å². The van der Waals surface area contributed by atoms with Gasteiger partial charge in [0.25, 0.3) is 0 Å². The number of hydrogen-bond donors (Lipinski definition) is 1. The van der Waals surface area contributed by atoms with Gasteiger partial charge in [0.15, 0.2) is 0 Å². The predicted octanol–water partition coefficient (Wildman–Crippen LogP) is 1.57. The van der Waals surface area contributed by atoms with Crippen LogP contribution in [0, 0.1) is 0 Å². The van der Waals surface area contributed by atoms with E-state index in [1.807, 2.05) is 0 Å². The van der Waals surface area contributed by atoms with Gasteiger partial charge in [-0.3, -0.25) is 0 Å². The van der Waals surface area contributed by atoms with Crippen LogP contribution in [0.3, 0.4) is 0 Å². The number of aromatic carboxylic acids is 1. The first kappa shape index (κ1) is 10.4. The van der Waals surface area contributed by atoms with Crippen molar-refractivity contribution in [3.05, 3.63) is 24.2 Å². The summed E-state index contributed by atoms with van der Waals surface area (Å²) in [5.41, 5.74) is 0. The van der Waals surface area contributed by atoms with Crippen LogP contribution in [0.15, 0.2) is 22.8 Å². The third-order valence-corrected chi connectivity index (χ3v) is 0.732. The second kappa shape index (κ2) is 5.12. The first-order chi connectivity index (χ1) is 5.54. The molecule has 4 heteroatoms. The van der Waals surface area contributed by atoms with Crippen molar-refractivity contribution in [3.8, 4) is 0 Å². The van der Waals surface area contributed by atoms with E-state index in [1.165, 1.54) is 32.2 Å². The van der Waals surface area contributed by atoms with Gasteiger partial charge in [0.05, 0.1) is 6.26 Å². The number of carbonyl (C=O) groups excluding carboxylic acids is 1. The highest BCUT2D eigenvalue weighted by Gasteiger charge is 2.01. The number of furan rings is 1. The molecule has 0 saturated heterocycles. The Balaban J connectivity index is 0.000000261. The fraction of sp³-hybridized carbons (Fsp3) is 0.250. The molecule has 1 aromatic heterocycles. The lowest BCUT2D eigenvalue weighted by molar-refractivity contribution is -0.114. The largest absolute Gasteiger partial charge is 0.475 e. The molecule has 0 atom stereocenters. The van der Waals surface area contributed by atoms with Crippen LogP contribution in [-0.2, 0) is 4.79 Å². The SMILES string of the molecule is CC(C)=O.O=C(O)c1ccco1. The average Bonchev–Trinajstić information content (AvgIpc) is 2.34. The summed E-state index contributed by atoms with van der Waals surface area (Å²) in [5.74, 6) is -0.889. The molecule has 0 unspecified atom stereocenters. The highest BCUT2D eigenvalue weighted by Crippen LogP contribution is 1.97. The maximum atomic E-state index is 9.97. The average molecular weight is 170 g/mol. The second-order valence-electron chi connectivity index (χ2n) is 2.19. The Bertz CT molecular complexity index is 244. The maximum absolute atomic E-state index is 9.97. The predicted molar refractivity (Wildman–Crippen MR) is 42.0 cm³/mol. The Morgan fingerprint density at radius 1 is 1.42 bits per heavy atom. The molecule has 0 fully saturated rings. The minimum Gasteiger partial charge on any atom is -0.475 e. The smallest absolute Gasteiger partial charge is 0.371 e. The second-order valence-corrected chi connectivity index (χ2v) is 2.19. The molecule has 1 aromatic rings. The number of rotatable bonds is 1. The van der Waals surface area contributed by atoms with Crippen LogP contribution in [0.5, 0.6) is 0 Å². The summed E-state index contributed by atoms with van der Waals surface area (Å²) in [6.45, 7) is 3.06. The minimum atomic E-state index is -1.03. The van der Waals surface area contributed by atoms with Crippen LogP contribution in [0.4, 0.5) is 0 Å². The molecular formula is C8H10O4. The van der Waals surface area contributed by atoms with Crippen LogP contribution in [0.2, 0.25) is 0 Å². The molecule has 4 nitrogen and oxygen atoms in total. The Morgan fingerprint density at radius 3 is 2.08 bits per heavy atom. The van der Waals surface area contributed by atoms with E-state index in [2.05, 4.69) is 4.42 Å². The van der Waals surface area contributed by atoms with E-state index >= 15 is 0 Å². The molecule has 12 heavy (non-hydrogen) atoms. The molecule has 66 valence electrons. The summed E-state index contributed by atoms with van der Waals surface area (Å²) < 4.78 is 4.50. The van der Waals surface area contributed by atoms with E-state index in [0.29, 0.717) is 0 Å². The first-order valence-electron chi connectivity index (χ1n) is 3.28. The number of carboxylic acids is 1. The van der Waals surface area contributed by atoms with Crippen molar-refractivity contribution >= 4 is 11.8 Å². The molecule has 0 aromatic carbocycles. The van der Waals surface area contributed by atoms with Gasteiger partial charge < -0.3 is 14.3 Å². The van der Waals surface area contributed by atoms with Crippen molar-refractivity contribution in [1.82, 2.24) is 0 Å². The van der Waals surface area contributed by atoms with Gasteiger partial charge in [-0.2, -0.15) is 0 Å². The summed E-state index contributed by atoms with van der Waals surface area (Å²) in [5, 5.41) is 8.18. The minimum absolute atomic E-state index is 0.0231. The topological polar surface area (TPSA) is 67.5 Å². The van der Waals surface area contributed by atoms with Crippen LogP contribution >= 0.6 is 0 Å². The normalized spacial score (nSPS) is 8.17. The van der Waals surface area contributed by atoms with E-state index in [0.717, 1.165) is 0 Å². The lowest BCUT2D eigenvalue weighted by Gasteiger charge is -1.79. The molecule has 1 N–H and O–H groups in total. The molecule has 0 radical (unpaired) electrons. The van der Waals surface area contributed by atoms with E-state index in [1.54, 1.807) is 0 Å². The van der Waals surface area contributed by atoms with Gasteiger partial charge in [0, 0.05) is 0 Å². The third kappa shape index (κ3) is 5.22. The fourth-order valence-electron chi connectivity index (χ4n) is 0.400. The van der Waals surface area contributed by atoms with Gasteiger partial charge in [0.2, 0.25) is 5.76 Å². The molecule has 0 aliphatic rings. The van der Waals surface area contributed by atoms with Gasteiger partial charge in [-0.05, 0) is 26.0 Å². The number of Topliss-reactive ketones (excluding diaryl/α,β-unsaturated/α-hetero) is 1. The van der Waals surface area contributed by atoms with E-state index in [4.69, 9.17) is 5.11 Å². The van der Waals surface area contributed by atoms with Gasteiger partial charge in [-0.25, -0.2) is 4.79 Å². The Hall–Kier alpha value is -1.58. The summed E-state index contributed by atoms with van der Waals surface area (Å²) in [6, 6.07) is 2.92. The zero-order chi connectivity index (χ0) is 9.56. The summed E-state index contributed by atoms with van der Waals surface area (Å²) in [7, 11) is 0. The monoisotopic (exact) mass is 170 g/mol. The molecule has 0 bridgehead atoms. The third-order valence-electron chi connectivity index (χ3n) is 0.732. The molecule has 1 rings (SSSR count). The zero-order valence-corrected chi connectivity index (χ0v) is 6.90. The molecule has 0 amide bonds. The number of carbonyl (C=O) groups is 2. The molecule has 1 heterocycles. The zero-order valence-electron chi connectivity index (χ0n) is 6.90. The van der Waals surface area contributed by atoms with Gasteiger partial charge in [0.1, 0.15) is 5.78 Å². The molecular weight excluding hydrogens is 160 g/mol. The lowest BCUT2D eigenvalue weighted by Crippen LogP contribution is -1.90. The van der Waals surface area contributed by atoms with Gasteiger partial charge in [-0.15, -0.1) is 0 Å². The highest BCUT2D eigenvalue weighted by molar-refractivity contribution is 5.84. The standard InChI is InChI=1S/C5H4O3.C3H6O/c6-5(7)4-2-1-3-8-4;1-3(2)4/h1-3H,(H,6,7);1-2H3. The van der Waals surface area contributed by atoms with Crippen LogP contribution in [0.25, 0.3) is 0 Å². The first-order valence-corrected chi connectivity index (χ1v) is 3.28. The van der Waals surface area contributed by atoms with Crippen molar-refractivity contribution in [1.29, 1.82) is 0 Å². The van der Waals surface area contributed by atoms with E-state index < -0.39 is 5.97 Å². The maximum Gasteiger partial charge on any atom is 0.371 e. The summed E-state index contributed by atoms with van der Waals surface area (Å²) in [4.78, 5) is 19.4.